The van der Waals surface area contributed by atoms with E-state index in [1.807, 2.05) is 6.07 Å². The smallest absolute Gasteiger partial charge is 0.251 e. The van der Waals surface area contributed by atoms with E-state index in [9.17, 15) is 13.2 Å². The van der Waals surface area contributed by atoms with Crippen molar-refractivity contribution in [1.29, 1.82) is 5.26 Å². The molecule has 0 bridgehead atoms. The van der Waals surface area contributed by atoms with Gasteiger partial charge >= 0.3 is 0 Å². The molecule has 1 heterocycles. The Morgan fingerprint density at radius 3 is 2.67 bits per heavy atom. The molecule has 0 atom stereocenters. The van der Waals surface area contributed by atoms with Gasteiger partial charge in [-0.3, -0.25) is 4.79 Å². The summed E-state index contributed by atoms with van der Waals surface area (Å²) in [5, 5.41) is 12.0. The Hall–Kier alpha value is -3.41. The van der Waals surface area contributed by atoms with Gasteiger partial charge in [-0.1, -0.05) is 29.8 Å². The van der Waals surface area contributed by atoms with Crippen LogP contribution in [0.4, 0.5) is 0 Å². The normalized spacial score (nSPS) is 10.8. The molecule has 30 heavy (non-hydrogen) atoms. The molecule has 152 valence electrons. The zero-order chi connectivity index (χ0) is 21.7. The molecule has 1 aromatic heterocycles. The largest absolute Gasteiger partial charge is 0.438 e. The molecular formula is C21H16ClN3O4S. The minimum atomic E-state index is -3.49. The van der Waals surface area contributed by atoms with Crippen LogP contribution in [0.25, 0.3) is 0 Å². The Morgan fingerprint density at radius 2 is 1.97 bits per heavy atom. The van der Waals surface area contributed by atoms with E-state index in [4.69, 9.17) is 21.6 Å². The van der Waals surface area contributed by atoms with Gasteiger partial charge in [0.1, 0.15) is 10.6 Å². The first-order valence-electron chi connectivity index (χ1n) is 8.67. The van der Waals surface area contributed by atoms with Gasteiger partial charge in [-0.2, -0.15) is 5.26 Å². The zero-order valence-corrected chi connectivity index (χ0v) is 17.4. The van der Waals surface area contributed by atoms with Crippen molar-refractivity contribution in [2.45, 2.75) is 11.4 Å². The summed E-state index contributed by atoms with van der Waals surface area (Å²) in [6.45, 7) is 0.165. The summed E-state index contributed by atoms with van der Waals surface area (Å²) in [4.78, 5) is 16.6. The van der Waals surface area contributed by atoms with Crippen LogP contribution in [-0.2, 0) is 16.4 Å². The Balaban J connectivity index is 1.75. The third-order valence-electron chi connectivity index (χ3n) is 4.08. The summed E-state index contributed by atoms with van der Waals surface area (Å²) < 4.78 is 29.4. The highest BCUT2D eigenvalue weighted by atomic mass is 35.5. The number of aromatic nitrogens is 1. The van der Waals surface area contributed by atoms with Gasteiger partial charge in [0.15, 0.2) is 9.84 Å². The predicted octanol–water partition coefficient (Wildman–Crippen LogP) is 3.73. The summed E-state index contributed by atoms with van der Waals surface area (Å²) in [7, 11) is -3.49. The first-order valence-corrected chi connectivity index (χ1v) is 10.9. The van der Waals surface area contributed by atoms with Crippen molar-refractivity contribution >= 4 is 27.3 Å². The van der Waals surface area contributed by atoms with E-state index < -0.39 is 9.84 Å². The fourth-order valence-electron chi connectivity index (χ4n) is 2.60. The number of hydrogen-bond donors (Lipinski definition) is 1. The van der Waals surface area contributed by atoms with Gasteiger partial charge in [0, 0.05) is 35.6 Å². The van der Waals surface area contributed by atoms with Crippen LogP contribution in [0.5, 0.6) is 11.6 Å². The molecule has 0 radical (unpaired) electrons. The van der Waals surface area contributed by atoms with E-state index in [1.165, 1.54) is 36.5 Å². The molecule has 0 aliphatic carbocycles. The van der Waals surface area contributed by atoms with Gasteiger partial charge in [-0.05, 0) is 35.9 Å². The number of carbonyl (C=O) groups excluding carboxylic acids is 1. The monoisotopic (exact) mass is 441 g/mol. The van der Waals surface area contributed by atoms with Crippen molar-refractivity contribution in [3.05, 3.63) is 82.5 Å². The molecular weight excluding hydrogens is 426 g/mol. The number of nitrogens with one attached hydrogen (secondary N) is 1. The summed E-state index contributed by atoms with van der Waals surface area (Å²) in [5.74, 6) is -0.191. The van der Waals surface area contributed by atoms with Crippen molar-refractivity contribution in [2.75, 3.05) is 6.26 Å². The van der Waals surface area contributed by atoms with Crippen LogP contribution in [0, 0.1) is 11.3 Å². The van der Waals surface area contributed by atoms with Gasteiger partial charge in [0.2, 0.25) is 5.88 Å². The number of hydrogen-bond acceptors (Lipinski definition) is 6. The van der Waals surface area contributed by atoms with Crippen LogP contribution >= 0.6 is 11.6 Å². The van der Waals surface area contributed by atoms with Crippen molar-refractivity contribution < 1.29 is 17.9 Å². The first-order chi connectivity index (χ1) is 14.3. The van der Waals surface area contributed by atoms with Crippen LogP contribution in [0.15, 0.2) is 65.7 Å². The van der Waals surface area contributed by atoms with Gasteiger partial charge in [-0.25, -0.2) is 13.4 Å². The lowest BCUT2D eigenvalue weighted by atomic mass is 10.1. The molecule has 0 saturated heterocycles. The fraction of sp³-hybridized carbons (Fsp3) is 0.0952. The zero-order valence-electron chi connectivity index (χ0n) is 15.8. The first kappa shape index (κ1) is 21.3. The number of nitriles is 1. The van der Waals surface area contributed by atoms with Crippen LogP contribution in [0.2, 0.25) is 5.02 Å². The molecule has 0 fully saturated rings. The Kier molecular flexibility index (Phi) is 6.35. The average molecular weight is 442 g/mol. The number of benzene rings is 2. The quantitative estimate of drug-likeness (QED) is 0.624. The number of pyridine rings is 1. The Bertz CT molecular complexity index is 1250. The third kappa shape index (κ3) is 5.14. The fourth-order valence-corrected chi connectivity index (χ4v) is 3.65. The number of sulfone groups is 1. The van der Waals surface area contributed by atoms with Crippen LogP contribution in [0.1, 0.15) is 21.5 Å². The molecule has 7 nitrogen and oxygen atoms in total. The number of nitrogens with zero attached hydrogens (tertiary/aromatic N) is 2. The molecule has 0 aliphatic heterocycles. The highest BCUT2D eigenvalue weighted by Crippen LogP contribution is 2.27. The highest BCUT2D eigenvalue weighted by molar-refractivity contribution is 7.90. The number of amides is 1. The summed E-state index contributed by atoms with van der Waals surface area (Å²) in [6, 6.07) is 15.9. The number of carbonyl (C=O) groups is 1. The minimum Gasteiger partial charge on any atom is -0.438 e. The Morgan fingerprint density at radius 1 is 1.20 bits per heavy atom. The van der Waals surface area contributed by atoms with Crippen molar-refractivity contribution in [1.82, 2.24) is 10.3 Å². The number of halogens is 1. The predicted molar refractivity (Wildman–Crippen MR) is 111 cm³/mol. The second kappa shape index (κ2) is 8.95. The van der Waals surface area contributed by atoms with E-state index in [2.05, 4.69) is 10.3 Å². The van der Waals surface area contributed by atoms with Gasteiger partial charge in [0.05, 0.1) is 11.6 Å². The van der Waals surface area contributed by atoms with Gasteiger partial charge in [-0.15, -0.1) is 0 Å². The number of rotatable bonds is 6. The second-order valence-electron chi connectivity index (χ2n) is 6.30. The van der Waals surface area contributed by atoms with Gasteiger partial charge in [0.25, 0.3) is 5.91 Å². The van der Waals surface area contributed by atoms with E-state index in [0.29, 0.717) is 16.1 Å². The molecule has 1 N–H and O–H groups in total. The lowest BCUT2D eigenvalue weighted by Crippen LogP contribution is -2.23. The van der Waals surface area contributed by atoms with Crippen LogP contribution in [-0.4, -0.2) is 25.6 Å². The van der Waals surface area contributed by atoms with Crippen LogP contribution in [0.3, 0.4) is 0 Å². The van der Waals surface area contributed by atoms with E-state index in [1.54, 1.807) is 24.3 Å². The van der Waals surface area contributed by atoms with Crippen LogP contribution < -0.4 is 10.1 Å². The van der Waals surface area contributed by atoms with Crippen molar-refractivity contribution in [2.24, 2.45) is 0 Å². The summed E-state index contributed by atoms with van der Waals surface area (Å²) >= 11 is 6.12. The molecule has 3 rings (SSSR count). The Labute approximate surface area is 178 Å². The molecule has 3 aromatic rings. The van der Waals surface area contributed by atoms with E-state index >= 15 is 0 Å². The SMILES string of the molecule is CS(=O)(=O)c1ccccc1Oc1cc(C(=O)NCc2ccc(C#N)cc2Cl)ccn1. The average Bonchev–Trinajstić information content (AvgIpc) is 2.72. The molecule has 0 spiro atoms. The van der Waals surface area contributed by atoms with E-state index in [0.717, 1.165) is 6.26 Å². The van der Waals surface area contributed by atoms with Crippen molar-refractivity contribution in [3.63, 3.8) is 0 Å². The lowest BCUT2D eigenvalue weighted by Gasteiger charge is -2.10. The molecule has 0 saturated carbocycles. The minimum absolute atomic E-state index is 0.0251. The van der Waals surface area contributed by atoms with Gasteiger partial charge < -0.3 is 10.1 Å². The third-order valence-corrected chi connectivity index (χ3v) is 5.57. The number of ether oxygens (including phenoxy) is 1. The maximum Gasteiger partial charge on any atom is 0.251 e. The molecule has 2 aromatic carbocycles. The standard InChI is InChI=1S/C21H16ClN3O4S/c1-30(27,28)19-5-3-2-4-18(19)29-20-11-15(8-9-24-20)21(26)25-13-16-7-6-14(12-23)10-17(16)22/h2-11H,13H2,1H3,(H,25,26). The van der Waals surface area contributed by atoms with Crippen molar-refractivity contribution in [3.8, 4) is 17.7 Å². The summed E-state index contributed by atoms with van der Waals surface area (Å²) in [5.41, 5.74) is 1.37. The number of para-hydroxylation sites is 1. The lowest BCUT2D eigenvalue weighted by molar-refractivity contribution is 0.0950. The topological polar surface area (TPSA) is 109 Å². The molecule has 1 amide bonds. The molecule has 9 heteroatoms. The molecule has 0 unspecified atom stereocenters. The molecule has 0 aliphatic rings. The highest BCUT2D eigenvalue weighted by Gasteiger charge is 2.16. The van der Waals surface area contributed by atoms with E-state index in [-0.39, 0.29) is 34.5 Å². The second-order valence-corrected chi connectivity index (χ2v) is 8.70. The maximum atomic E-state index is 12.5. The summed E-state index contributed by atoms with van der Waals surface area (Å²) in [6.07, 6.45) is 2.47. The maximum absolute atomic E-state index is 12.5.